The van der Waals surface area contributed by atoms with E-state index in [1.165, 1.54) is 0 Å². The summed E-state index contributed by atoms with van der Waals surface area (Å²) in [5, 5.41) is 6.08. The molecular formula is C25H54N2O3. The van der Waals surface area contributed by atoms with Crippen molar-refractivity contribution in [2.45, 2.75) is 120 Å². The van der Waals surface area contributed by atoms with Gasteiger partial charge in [-0.1, -0.05) is 62.3 Å². The topological polar surface area (TPSA) is 59.6 Å². The molecule has 0 aromatic rings. The predicted molar refractivity (Wildman–Crippen MR) is 130 cm³/mol. The van der Waals surface area contributed by atoms with E-state index < -0.39 is 0 Å². The summed E-state index contributed by atoms with van der Waals surface area (Å²) in [5.41, 5.74) is 0.0293. The average Bonchev–Trinajstić information content (AvgIpc) is 2.57. The molecule has 1 unspecified atom stereocenters. The van der Waals surface area contributed by atoms with Gasteiger partial charge in [0.25, 0.3) is 0 Å². The monoisotopic (exact) mass is 430 g/mol. The van der Waals surface area contributed by atoms with Gasteiger partial charge in [-0.3, -0.25) is 4.79 Å². The van der Waals surface area contributed by atoms with Gasteiger partial charge >= 0.3 is 0 Å². The highest BCUT2D eigenvalue weighted by Crippen LogP contribution is 2.47. The van der Waals surface area contributed by atoms with Crippen LogP contribution in [0.3, 0.4) is 0 Å². The number of carbonyl (C=O) groups excluding carboxylic acids is 1. The van der Waals surface area contributed by atoms with Crippen LogP contribution in [0.25, 0.3) is 0 Å². The summed E-state index contributed by atoms with van der Waals surface area (Å²) in [7, 11) is 1.75. The summed E-state index contributed by atoms with van der Waals surface area (Å²) < 4.78 is 11.6. The molecule has 0 aromatic carbocycles. The minimum atomic E-state index is -0.158. The molecule has 0 fully saturated rings. The molecule has 0 aromatic heterocycles. The number of rotatable bonds is 12. The van der Waals surface area contributed by atoms with Crippen molar-refractivity contribution in [1.29, 1.82) is 0 Å². The number of hydrogen-bond acceptors (Lipinski definition) is 4. The Morgan fingerprint density at radius 2 is 1.40 bits per heavy atom. The van der Waals surface area contributed by atoms with Crippen LogP contribution in [0, 0.1) is 16.7 Å². The van der Waals surface area contributed by atoms with Crippen molar-refractivity contribution in [3.8, 4) is 0 Å². The Morgan fingerprint density at radius 1 is 0.900 bits per heavy atom. The van der Waals surface area contributed by atoms with E-state index in [1.807, 2.05) is 0 Å². The van der Waals surface area contributed by atoms with Gasteiger partial charge in [0.1, 0.15) is 0 Å². The second-order valence-electron chi connectivity index (χ2n) is 11.6. The lowest BCUT2D eigenvalue weighted by molar-refractivity contribution is -0.148. The molecule has 0 aliphatic rings. The zero-order chi connectivity index (χ0) is 24.4. The average molecular weight is 431 g/mol. The Hall–Kier alpha value is -0.650. The molecule has 5 nitrogen and oxygen atoms in total. The van der Waals surface area contributed by atoms with Crippen molar-refractivity contribution >= 4 is 6.41 Å². The summed E-state index contributed by atoms with van der Waals surface area (Å²) in [4.78, 5) is 10.1. The minimum absolute atomic E-state index is 0.0945. The standard InChI is InChI=1S/C16H34O2.C9H20N2O/c1-13(2,3)15(6,7)16(8,9)18-12-11-14(4,5)17-10;1-7(2)9(5-10-6-12)11-8(3)4/h11-12H2,1-10H3;6-9,11H,5H2,1-4H3,(H,10,12). The van der Waals surface area contributed by atoms with Crippen LogP contribution in [0.4, 0.5) is 0 Å². The van der Waals surface area contributed by atoms with Crippen LogP contribution < -0.4 is 10.6 Å². The summed E-state index contributed by atoms with van der Waals surface area (Å²) in [5.74, 6) is 0.542. The lowest BCUT2D eigenvalue weighted by Gasteiger charge is -2.50. The van der Waals surface area contributed by atoms with Gasteiger partial charge in [0.05, 0.1) is 17.8 Å². The summed E-state index contributed by atoms with van der Waals surface area (Å²) in [6.07, 6.45) is 1.66. The Kier molecular flexibility index (Phi) is 13.7. The second-order valence-corrected chi connectivity index (χ2v) is 11.6. The van der Waals surface area contributed by atoms with Crippen LogP contribution >= 0.6 is 0 Å². The third kappa shape index (κ3) is 11.7. The molecule has 0 heterocycles. The molecule has 0 rings (SSSR count). The summed E-state index contributed by atoms with van der Waals surface area (Å²) >= 11 is 0. The van der Waals surface area contributed by atoms with Crippen LogP contribution in [0.15, 0.2) is 0 Å². The highest BCUT2D eigenvalue weighted by Gasteiger charge is 2.46. The molecule has 0 saturated heterocycles. The molecule has 30 heavy (non-hydrogen) atoms. The van der Waals surface area contributed by atoms with Gasteiger partial charge in [-0.05, 0) is 50.9 Å². The Balaban J connectivity index is 0. The maximum absolute atomic E-state index is 10.1. The molecule has 2 N–H and O–H groups in total. The van der Waals surface area contributed by atoms with E-state index in [-0.39, 0.29) is 22.0 Å². The Labute approximate surface area is 188 Å². The van der Waals surface area contributed by atoms with Crippen molar-refractivity contribution in [3.05, 3.63) is 0 Å². The first-order valence-corrected chi connectivity index (χ1v) is 11.5. The number of carbonyl (C=O) groups is 1. The molecule has 182 valence electrons. The third-order valence-corrected chi connectivity index (χ3v) is 6.87. The molecule has 5 heteroatoms. The molecule has 0 radical (unpaired) electrons. The number of methoxy groups -OCH3 is 1. The van der Waals surface area contributed by atoms with E-state index in [4.69, 9.17) is 9.47 Å². The summed E-state index contributed by atoms with van der Waals surface area (Å²) in [6, 6.07) is 0.834. The lowest BCUT2D eigenvalue weighted by atomic mass is 9.61. The van der Waals surface area contributed by atoms with Crippen LogP contribution in [-0.2, 0) is 14.3 Å². The molecular weight excluding hydrogens is 376 g/mol. The minimum Gasteiger partial charge on any atom is -0.379 e. The predicted octanol–water partition coefficient (Wildman–Crippen LogP) is 5.42. The van der Waals surface area contributed by atoms with Crippen molar-refractivity contribution in [3.63, 3.8) is 0 Å². The van der Waals surface area contributed by atoms with Crippen LogP contribution in [-0.4, -0.2) is 50.0 Å². The number of nitrogens with one attached hydrogen (secondary N) is 2. The fourth-order valence-corrected chi connectivity index (χ4v) is 2.83. The quantitative estimate of drug-likeness (QED) is 0.406. The molecule has 0 saturated carbocycles. The largest absolute Gasteiger partial charge is 0.379 e. The van der Waals surface area contributed by atoms with E-state index in [0.717, 1.165) is 19.4 Å². The van der Waals surface area contributed by atoms with Crippen molar-refractivity contribution in [1.82, 2.24) is 10.6 Å². The number of ether oxygens (including phenoxy) is 2. The van der Waals surface area contributed by atoms with Gasteiger partial charge in [0.2, 0.25) is 6.41 Å². The van der Waals surface area contributed by atoms with Crippen LogP contribution in [0.2, 0.25) is 0 Å². The normalized spacial score (nSPS) is 14.4. The number of amides is 1. The Bertz CT molecular complexity index is 464. The first-order chi connectivity index (χ1) is 13.3. The summed E-state index contributed by atoms with van der Waals surface area (Å²) in [6.45, 7) is 29.9. The zero-order valence-corrected chi connectivity index (χ0v) is 22.7. The second kappa shape index (κ2) is 13.0. The smallest absolute Gasteiger partial charge is 0.207 e. The fraction of sp³-hybridized carbons (Fsp3) is 0.960. The third-order valence-electron chi connectivity index (χ3n) is 6.87. The van der Waals surface area contributed by atoms with Crippen molar-refractivity contribution in [2.75, 3.05) is 20.3 Å². The SMILES string of the molecule is CC(C)NC(CNC=O)C(C)C.COC(C)(C)CCOC(C)(C)C(C)(C)C(C)(C)C. The van der Waals surface area contributed by atoms with E-state index in [0.29, 0.717) is 24.5 Å². The molecule has 0 bridgehead atoms. The van der Waals surface area contributed by atoms with Gasteiger partial charge < -0.3 is 20.1 Å². The van der Waals surface area contributed by atoms with Gasteiger partial charge in [0, 0.05) is 25.7 Å². The zero-order valence-electron chi connectivity index (χ0n) is 22.7. The first kappa shape index (κ1) is 31.5. The maximum Gasteiger partial charge on any atom is 0.207 e. The molecule has 0 aliphatic carbocycles. The molecule has 1 amide bonds. The van der Waals surface area contributed by atoms with Crippen LogP contribution in [0.5, 0.6) is 0 Å². The van der Waals surface area contributed by atoms with Crippen molar-refractivity contribution < 1.29 is 14.3 Å². The Morgan fingerprint density at radius 3 is 1.73 bits per heavy atom. The van der Waals surface area contributed by atoms with Crippen molar-refractivity contribution in [2.24, 2.45) is 16.7 Å². The first-order valence-electron chi connectivity index (χ1n) is 11.5. The van der Waals surface area contributed by atoms with E-state index in [2.05, 4.69) is 101 Å². The fourth-order valence-electron chi connectivity index (χ4n) is 2.83. The molecule has 0 aliphatic heterocycles. The van der Waals surface area contributed by atoms with Gasteiger partial charge in [0.15, 0.2) is 0 Å². The van der Waals surface area contributed by atoms with E-state index >= 15 is 0 Å². The van der Waals surface area contributed by atoms with Gasteiger partial charge in [-0.15, -0.1) is 0 Å². The number of hydrogen-bond donors (Lipinski definition) is 2. The highest BCUT2D eigenvalue weighted by atomic mass is 16.5. The van der Waals surface area contributed by atoms with Gasteiger partial charge in [-0.2, -0.15) is 0 Å². The van der Waals surface area contributed by atoms with Crippen LogP contribution in [0.1, 0.15) is 96.4 Å². The van der Waals surface area contributed by atoms with Gasteiger partial charge in [-0.25, -0.2) is 0 Å². The highest BCUT2D eigenvalue weighted by molar-refractivity contribution is 5.45. The molecule has 1 atom stereocenters. The lowest BCUT2D eigenvalue weighted by Crippen LogP contribution is -2.50. The maximum atomic E-state index is 10.1. The molecule has 0 spiro atoms. The van der Waals surface area contributed by atoms with E-state index in [9.17, 15) is 4.79 Å². The van der Waals surface area contributed by atoms with E-state index in [1.54, 1.807) is 7.11 Å².